The van der Waals surface area contributed by atoms with E-state index >= 15 is 0 Å². The van der Waals surface area contributed by atoms with Gasteiger partial charge in [-0.1, -0.05) is 12.1 Å². The number of anilines is 1. The lowest BCUT2D eigenvalue weighted by Crippen LogP contribution is -2.14. The molecule has 1 heterocycles. The molecule has 0 unspecified atom stereocenters. The number of rotatable bonds is 3. The van der Waals surface area contributed by atoms with Gasteiger partial charge in [0.15, 0.2) is 5.69 Å². The zero-order chi connectivity index (χ0) is 14.0. The minimum absolute atomic E-state index is 0.0469. The number of aromatic nitrogens is 2. The summed E-state index contributed by atoms with van der Waals surface area (Å²) in [6.07, 6.45) is 0. The van der Waals surface area contributed by atoms with Crippen molar-refractivity contribution >= 4 is 33.6 Å². The molecule has 0 spiro atoms. The van der Waals surface area contributed by atoms with Gasteiger partial charge in [-0.05, 0) is 28.1 Å². The summed E-state index contributed by atoms with van der Waals surface area (Å²) in [5, 5.41) is 17.0. The van der Waals surface area contributed by atoms with Crippen molar-refractivity contribution in [3.63, 3.8) is 0 Å². The van der Waals surface area contributed by atoms with E-state index in [-0.39, 0.29) is 21.5 Å². The first-order valence-corrected chi connectivity index (χ1v) is 5.83. The highest BCUT2D eigenvalue weighted by Gasteiger charge is 2.19. The average Bonchev–Trinajstić information content (AvgIpc) is 2.71. The van der Waals surface area contributed by atoms with E-state index in [1.807, 2.05) is 0 Å². The van der Waals surface area contributed by atoms with Gasteiger partial charge >= 0.3 is 5.97 Å². The van der Waals surface area contributed by atoms with Crippen molar-refractivity contribution in [2.45, 2.75) is 0 Å². The van der Waals surface area contributed by atoms with Crippen LogP contribution in [0.5, 0.6) is 0 Å². The summed E-state index contributed by atoms with van der Waals surface area (Å²) in [6, 6.07) is 5.44. The number of carbonyl (C=O) groups is 2. The molecule has 1 amide bonds. The van der Waals surface area contributed by atoms with E-state index in [1.165, 1.54) is 18.2 Å². The van der Waals surface area contributed by atoms with Gasteiger partial charge in [0.05, 0.1) is 10.0 Å². The van der Waals surface area contributed by atoms with E-state index in [4.69, 9.17) is 5.11 Å². The molecule has 3 N–H and O–H groups in total. The Balaban J connectivity index is 2.25. The third-order valence-corrected chi connectivity index (χ3v) is 3.04. The molecular formula is C11H7BrFN3O3. The van der Waals surface area contributed by atoms with Crippen molar-refractivity contribution in [3.05, 3.63) is 45.8 Å². The SMILES string of the molecule is O=C(Nc1[nH]nc(C(=O)O)c1Br)c1ccccc1F. The van der Waals surface area contributed by atoms with Crippen LogP contribution in [-0.2, 0) is 0 Å². The molecule has 0 aliphatic rings. The van der Waals surface area contributed by atoms with Crippen molar-refractivity contribution in [2.24, 2.45) is 0 Å². The molecule has 2 rings (SSSR count). The number of aromatic amines is 1. The summed E-state index contributed by atoms with van der Waals surface area (Å²) in [6.45, 7) is 0. The van der Waals surface area contributed by atoms with Gasteiger partial charge in [-0.3, -0.25) is 9.89 Å². The maximum atomic E-state index is 13.4. The van der Waals surface area contributed by atoms with Crippen molar-refractivity contribution in [1.29, 1.82) is 0 Å². The van der Waals surface area contributed by atoms with Gasteiger partial charge in [-0.15, -0.1) is 0 Å². The molecule has 0 aliphatic carbocycles. The first-order valence-electron chi connectivity index (χ1n) is 5.03. The van der Waals surface area contributed by atoms with E-state index in [2.05, 4.69) is 31.4 Å². The van der Waals surface area contributed by atoms with Crippen LogP contribution in [0.2, 0.25) is 0 Å². The number of nitrogens with zero attached hydrogens (tertiary/aromatic N) is 1. The van der Waals surface area contributed by atoms with Crippen LogP contribution in [-0.4, -0.2) is 27.2 Å². The van der Waals surface area contributed by atoms with Gasteiger partial charge in [0.2, 0.25) is 0 Å². The third-order valence-electron chi connectivity index (χ3n) is 2.27. The Kier molecular flexibility index (Phi) is 3.61. The molecule has 0 aliphatic heterocycles. The summed E-state index contributed by atoms with van der Waals surface area (Å²) < 4.78 is 13.5. The van der Waals surface area contributed by atoms with Crippen LogP contribution in [0.4, 0.5) is 10.2 Å². The minimum atomic E-state index is -1.26. The van der Waals surface area contributed by atoms with Gasteiger partial charge in [0, 0.05) is 0 Å². The maximum absolute atomic E-state index is 13.4. The van der Waals surface area contributed by atoms with E-state index in [0.717, 1.165) is 6.07 Å². The Hall–Kier alpha value is -2.22. The normalized spacial score (nSPS) is 10.2. The number of aromatic carboxylic acids is 1. The molecule has 0 saturated heterocycles. The molecule has 19 heavy (non-hydrogen) atoms. The lowest BCUT2D eigenvalue weighted by Gasteiger charge is -2.04. The number of H-pyrrole nitrogens is 1. The molecule has 0 bridgehead atoms. The molecule has 0 atom stereocenters. The minimum Gasteiger partial charge on any atom is -0.476 e. The molecular weight excluding hydrogens is 321 g/mol. The molecule has 1 aromatic heterocycles. The summed E-state index contributed by atoms with van der Waals surface area (Å²) in [7, 11) is 0. The van der Waals surface area contributed by atoms with Gasteiger partial charge in [-0.2, -0.15) is 5.10 Å². The van der Waals surface area contributed by atoms with Gasteiger partial charge in [0.1, 0.15) is 11.6 Å². The van der Waals surface area contributed by atoms with Gasteiger partial charge < -0.3 is 10.4 Å². The van der Waals surface area contributed by atoms with Crippen LogP contribution < -0.4 is 5.32 Å². The molecule has 2 aromatic rings. The number of carboxylic acid groups (broad SMARTS) is 1. The lowest BCUT2D eigenvalue weighted by molar-refractivity contribution is 0.0689. The van der Waals surface area contributed by atoms with Crippen molar-refractivity contribution in [3.8, 4) is 0 Å². The molecule has 1 aromatic carbocycles. The smallest absolute Gasteiger partial charge is 0.357 e. The van der Waals surface area contributed by atoms with E-state index in [9.17, 15) is 14.0 Å². The first kappa shape index (κ1) is 13.2. The average molecular weight is 328 g/mol. The Bertz CT molecular complexity index is 656. The fourth-order valence-corrected chi connectivity index (χ4v) is 1.83. The Morgan fingerprint density at radius 1 is 1.37 bits per heavy atom. The molecule has 0 saturated carbocycles. The number of carboxylic acids is 1. The zero-order valence-corrected chi connectivity index (χ0v) is 10.9. The second-order valence-electron chi connectivity index (χ2n) is 3.50. The van der Waals surface area contributed by atoms with E-state index < -0.39 is 17.7 Å². The highest BCUT2D eigenvalue weighted by molar-refractivity contribution is 9.10. The van der Waals surface area contributed by atoms with Crippen LogP contribution in [0.1, 0.15) is 20.8 Å². The molecule has 0 fully saturated rings. The summed E-state index contributed by atoms with van der Waals surface area (Å²) in [5.74, 6) is -2.59. The number of carbonyl (C=O) groups excluding carboxylic acids is 1. The summed E-state index contributed by atoms with van der Waals surface area (Å²) >= 11 is 2.99. The van der Waals surface area contributed by atoms with Crippen molar-refractivity contribution < 1.29 is 19.1 Å². The van der Waals surface area contributed by atoms with Crippen LogP contribution in [0.15, 0.2) is 28.7 Å². The quantitative estimate of drug-likeness (QED) is 0.805. The molecule has 98 valence electrons. The van der Waals surface area contributed by atoms with Crippen LogP contribution >= 0.6 is 15.9 Å². The standard InChI is InChI=1S/C11H7BrFN3O3/c12-7-8(11(18)19)15-16-9(7)14-10(17)5-3-1-2-4-6(5)13/h1-4H,(H,18,19)(H2,14,15,16,17). The zero-order valence-electron chi connectivity index (χ0n) is 9.28. The summed E-state index contributed by atoms with van der Waals surface area (Å²) in [5.41, 5.74) is -0.426. The number of nitrogens with one attached hydrogen (secondary N) is 2. The lowest BCUT2D eigenvalue weighted by atomic mass is 10.2. The first-order chi connectivity index (χ1) is 9.00. The van der Waals surface area contributed by atoms with Crippen LogP contribution in [0.3, 0.4) is 0 Å². The molecule has 6 nitrogen and oxygen atoms in total. The highest BCUT2D eigenvalue weighted by Crippen LogP contribution is 2.24. The Morgan fingerprint density at radius 3 is 2.63 bits per heavy atom. The Morgan fingerprint density at radius 2 is 2.05 bits per heavy atom. The monoisotopic (exact) mass is 327 g/mol. The van der Waals surface area contributed by atoms with Crippen molar-refractivity contribution in [2.75, 3.05) is 5.32 Å². The van der Waals surface area contributed by atoms with Crippen molar-refractivity contribution in [1.82, 2.24) is 10.2 Å². The molecule has 8 heteroatoms. The van der Waals surface area contributed by atoms with Crippen LogP contribution in [0, 0.1) is 5.82 Å². The van der Waals surface area contributed by atoms with Gasteiger partial charge in [-0.25, -0.2) is 9.18 Å². The number of amides is 1. The second-order valence-corrected chi connectivity index (χ2v) is 4.29. The fourth-order valence-electron chi connectivity index (χ4n) is 1.38. The predicted molar refractivity (Wildman–Crippen MR) is 67.6 cm³/mol. The fraction of sp³-hybridized carbons (Fsp3) is 0. The predicted octanol–water partition coefficient (Wildman–Crippen LogP) is 2.26. The third kappa shape index (κ3) is 2.63. The maximum Gasteiger partial charge on any atom is 0.357 e. The van der Waals surface area contributed by atoms with Crippen LogP contribution in [0.25, 0.3) is 0 Å². The second kappa shape index (κ2) is 5.19. The largest absolute Gasteiger partial charge is 0.476 e. The number of hydrogen-bond donors (Lipinski definition) is 3. The number of hydrogen-bond acceptors (Lipinski definition) is 3. The molecule has 0 radical (unpaired) electrons. The number of benzene rings is 1. The Labute approximate surface area is 114 Å². The highest BCUT2D eigenvalue weighted by atomic mass is 79.9. The van der Waals surface area contributed by atoms with E-state index in [1.54, 1.807) is 0 Å². The number of halogens is 2. The summed E-state index contributed by atoms with van der Waals surface area (Å²) in [4.78, 5) is 22.6. The van der Waals surface area contributed by atoms with Gasteiger partial charge in [0.25, 0.3) is 5.91 Å². The van der Waals surface area contributed by atoms with E-state index in [0.29, 0.717) is 0 Å². The topological polar surface area (TPSA) is 95.1 Å².